The number of hydrogen-bond acceptors (Lipinski definition) is 6. The summed E-state index contributed by atoms with van der Waals surface area (Å²) in [5, 5.41) is 10.4. The summed E-state index contributed by atoms with van der Waals surface area (Å²) in [6.07, 6.45) is 1.44. The van der Waals surface area contributed by atoms with Crippen LogP contribution in [0.4, 0.5) is 5.13 Å². The van der Waals surface area contributed by atoms with Crippen molar-refractivity contribution in [1.29, 1.82) is 0 Å². The van der Waals surface area contributed by atoms with Crippen molar-refractivity contribution in [2.45, 2.75) is 11.4 Å². The highest BCUT2D eigenvalue weighted by Crippen LogP contribution is 2.17. The van der Waals surface area contributed by atoms with E-state index in [1.54, 1.807) is 13.1 Å². The normalized spacial score (nSPS) is 11.6. The van der Waals surface area contributed by atoms with Crippen molar-refractivity contribution >= 4 is 26.5 Å². The number of rotatable bonds is 5. The molecule has 92 valence electrons. The molecule has 0 aliphatic heterocycles. The molecule has 0 radical (unpaired) electrons. The van der Waals surface area contributed by atoms with Gasteiger partial charge in [0.2, 0.25) is 5.13 Å². The first-order valence-electron chi connectivity index (χ1n) is 4.73. The molecule has 0 unspecified atom stereocenters. The number of hydrogen-bond donors (Lipinski definition) is 3. The van der Waals surface area contributed by atoms with Gasteiger partial charge in [-0.2, -0.15) is 0 Å². The third-order valence-corrected chi connectivity index (χ3v) is 4.03. The SMILES string of the molecule is CNCc1cc(S(=O)(=O)Nc2nncs2)c[nH]1. The van der Waals surface area contributed by atoms with Gasteiger partial charge in [0.1, 0.15) is 10.4 Å². The number of sulfonamides is 1. The van der Waals surface area contributed by atoms with Gasteiger partial charge in [-0.05, 0) is 13.1 Å². The fourth-order valence-corrected chi connectivity index (χ4v) is 2.97. The third-order valence-electron chi connectivity index (χ3n) is 1.98. The Hall–Kier alpha value is -1.45. The minimum Gasteiger partial charge on any atom is -0.363 e. The second kappa shape index (κ2) is 4.82. The molecule has 3 N–H and O–H groups in total. The molecule has 2 aromatic rings. The average Bonchev–Trinajstić information content (AvgIpc) is 2.88. The Kier molecular flexibility index (Phi) is 3.41. The maximum atomic E-state index is 11.9. The van der Waals surface area contributed by atoms with E-state index >= 15 is 0 Å². The monoisotopic (exact) mass is 273 g/mol. The molecule has 0 amide bonds. The number of aromatic nitrogens is 3. The molecule has 0 aliphatic rings. The fraction of sp³-hybridized carbons (Fsp3) is 0.250. The number of H-pyrrole nitrogens is 1. The van der Waals surface area contributed by atoms with E-state index in [0.717, 1.165) is 17.0 Å². The second-order valence-corrected chi connectivity index (χ2v) is 5.76. The lowest BCUT2D eigenvalue weighted by Gasteiger charge is -2.00. The minimum atomic E-state index is -3.58. The van der Waals surface area contributed by atoms with Crippen LogP contribution in [0.1, 0.15) is 5.69 Å². The molecular weight excluding hydrogens is 262 g/mol. The minimum absolute atomic E-state index is 0.179. The van der Waals surface area contributed by atoms with E-state index in [9.17, 15) is 8.42 Å². The summed E-state index contributed by atoms with van der Waals surface area (Å²) in [7, 11) is -1.80. The van der Waals surface area contributed by atoms with Gasteiger partial charge in [0, 0.05) is 18.4 Å². The van der Waals surface area contributed by atoms with Crippen LogP contribution in [0.15, 0.2) is 22.7 Å². The van der Waals surface area contributed by atoms with Crippen LogP contribution < -0.4 is 10.0 Å². The van der Waals surface area contributed by atoms with Gasteiger partial charge in [0.15, 0.2) is 0 Å². The molecule has 2 heterocycles. The number of aromatic amines is 1. The summed E-state index contributed by atoms with van der Waals surface area (Å²) in [6.45, 7) is 0.578. The van der Waals surface area contributed by atoms with Crippen molar-refractivity contribution in [3.63, 3.8) is 0 Å². The van der Waals surface area contributed by atoms with Crippen molar-refractivity contribution in [1.82, 2.24) is 20.5 Å². The van der Waals surface area contributed by atoms with Crippen LogP contribution in [0.25, 0.3) is 0 Å². The lowest BCUT2D eigenvalue weighted by molar-refractivity contribution is 0.601. The first kappa shape index (κ1) is 12.0. The molecule has 17 heavy (non-hydrogen) atoms. The van der Waals surface area contributed by atoms with Gasteiger partial charge in [-0.25, -0.2) is 8.42 Å². The Bertz CT molecular complexity index is 575. The van der Waals surface area contributed by atoms with Crippen molar-refractivity contribution < 1.29 is 8.42 Å². The van der Waals surface area contributed by atoms with Gasteiger partial charge in [-0.1, -0.05) is 11.3 Å². The standard InChI is InChI=1S/C8H11N5O2S2/c1-9-3-6-2-7(4-10-6)17(14,15)13-8-12-11-5-16-8/h2,4-5,9-10H,3H2,1H3,(H,12,13). The van der Waals surface area contributed by atoms with Crippen LogP contribution >= 0.6 is 11.3 Å². The second-order valence-electron chi connectivity index (χ2n) is 3.24. The summed E-state index contributed by atoms with van der Waals surface area (Å²) in [5.74, 6) is 0. The Morgan fingerprint density at radius 2 is 2.35 bits per heavy atom. The Balaban J connectivity index is 2.19. The van der Waals surface area contributed by atoms with Gasteiger partial charge in [0.25, 0.3) is 10.0 Å². The molecule has 0 atom stereocenters. The summed E-state index contributed by atoms with van der Waals surface area (Å²) in [6, 6.07) is 1.57. The molecule has 0 saturated heterocycles. The number of nitrogens with zero attached hydrogens (tertiary/aromatic N) is 2. The largest absolute Gasteiger partial charge is 0.363 e. The molecule has 0 bridgehead atoms. The van der Waals surface area contributed by atoms with Crippen LogP contribution in [0.5, 0.6) is 0 Å². The van der Waals surface area contributed by atoms with E-state index < -0.39 is 10.0 Å². The van der Waals surface area contributed by atoms with E-state index in [1.165, 1.54) is 11.7 Å². The molecule has 0 aliphatic carbocycles. The highest BCUT2D eigenvalue weighted by molar-refractivity contribution is 7.93. The van der Waals surface area contributed by atoms with E-state index in [1.807, 2.05) is 0 Å². The molecule has 0 saturated carbocycles. The zero-order valence-electron chi connectivity index (χ0n) is 8.97. The van der Waals surface area contributed by atoms with Gasteiger partial charge in [0.05, 0.1) is 0 Å². The molecule has 0 fully saturated rings. The predicted molar refractivity (Wildman–Crippen MR) is 64.3 cm³/mol. The lowest BCUT2D eigenvalue weighted by Crippen LogP contribution is -2.12. The summed E-state index contributed by atoms with van der Waals surface area (Å²) in [5.41, 5.74) is 2.26. The summed E-state index contributed by atoms with van der Waals surface area (Å²) in [4.78, 5) is 3.06. The maximum Gasteiger partial charge on any atom is 0.265 e. The predicted octanol–water partition coefficient (Wildman–Crippen LogP) is 0.386. The Morgan fingerprint density at radius 3 is 3.00 bits per heavy atom. The quantitative estimate of drug-likeness (QED) is 0.731. The van der Waals surface area contributed by atoms with E-state index in [-0.39, 0.29) is 10.0 Å². The molecule has 0 aromatic carbocycles. The van der Waals surface area contributed by atoms with Crippen molar-refractivity contribution in [2.75, 3.05) is 11.8 Å². The Morgan fingerprint density at radius 1 is 1.53 bits per heavy atom. The van der Waals surface area contributed by atoms with Crippen molar-refractivity contribution in [3.8, 4) is 0 Å². The molecule has 2 aromatic heterocycles. The summed E-state index contributed by atoms with van der Waals surface area (Å²) >= 11 is 1.13. The number of anilines is 1. The van der Waals surface area contributed by atoms with E-state index in [2.05, 4.69) is 25.2 Å². The van der Waals surface area contributed by atoms with E-state index in [0.29, 0.717) is 6.54 Å². The molecule has 7 nitrogen and oxygen atoms in total. The third kappa shape index (κ3) is 2.81. The van der Waals surface area contributed by atoms with E-state index in [4.69, 9.17) is 0 Å². The van der Waals surface area contributed by atoms with Crippen molar-refractivity contribution in [3.05, 3.63) is 23.5 Å². The average molecular weight is 273 g/mol. The van der Waals surface area contributed by atoms with Gasteiger partial charge < -0.3 is 10.3 Å². The summed E-state index contributed by atoms with van der Waals surface area (Å²) < 4.78 is 26.2. The van der Waals surface area contributed by atoms with Crippen LogP contribution in [-0.2, 0) is 16.6 Å². The molecular formula is C8H11N5O2S2. The molecule has 0 spiro atoms. The zero-order chi connectivity index (χ0) is 12.3. The van der Waals surface area contributed by atoms with Crippen molar-refractivity contribution in [2.24, 2.45) is 0 Å². The first-order chi connectivity index (χ1) is 8.12. The number of nitrogens with one attached hydrogen (secondary N) is 3. The zero-order valence-corrected chi connectivity index (χ0v) is 10.6. The highest BCUT2D eigenvalue weighted by Gasteiger charge is 2.17. The first-order valence-corrected chi connectivity index (χ1v) is 7.09. The van der Waals surface area contributed by atoms with Crippen LogP contribution in [-0.4, -0.2) is 30.6 Å². The van der Waals surface area contributed by atoms with Crippen LogP contribution in [0, 0.1) is 0 Å². The van der Waals surface area contributed by atoms with Gasteiger partial charge in [-0.3, -0.25) is 4.72 Å². The lowest BCUT2D eigenvalue weighted by atomic mass is 10.4. The smallest absolute Gasteiger partial charge is 0.265 e. The fourth-order valence-electron chi connectivity index (χ4n) is 1.26. The van der Waals surface area contributed by atoms with Gasteiger partial charge >= 0.3 is 0 Å². The van der Waals surface area contributed by atoms with Gasteiger partial charge in [-0.15, -0.1) is 10.2 Å². The molecule has 9 heteroatoms. The van der Waals surface area contributed by atoms with Crippen LogP contribution in [0.2, 0.25) is 0 Å². The topological polar surface area (TPSA) is 99.8 Å². The maximum absolute atomic E-state index is 11.9. The molecule has 2 rings (SSSR count). The Labute approximate surface area is 102 Å². The van der Waals surface area contributed by atoms with Crippen LogP contribution in [0.3, 0.4) is 0 Å². The highest BCUT2D eigenvalue weighted by atomic mass is 32.2.